The third-order valence-electron chi connectivity index (χ3n) is 5.13. The number of carbonyl (C=O) groups is 1. The zero-order chi connectivity index (χ0) is 9.10. The van der Waals surface area contributed by atoms with Crippen LogP contribution in [-0.2, 0) is 9.53 Å². The van der Waals surface area contributed by atoms with Crippen molar-refractivity contribution in [3.8, 4) is 0 Å². The Balaban J connectivity index is 1.87. The predicted octanol–water partition coefficient (Wildman–Crippen LogP) is 2.13. The second kappa shape index (κ2) is 2.10. The highest BCUT2D eigenvalue weighted by molar-refractivity contribution is 5.76. The Morgan fingerprint density at radius 2 is 2.15 bits per heavy atom. The van der Waals surface area contributed by atoms with Crippen molar-refractivity contribution >= 4 is 5.97 Å². The lowest BCUT2D eigenvalue weighted by Crippen LogP contribution is -2.64. The topological polar surface area (TPSA) is 26.3 Å². The van der Waals surface area contributed by atoms with Crippen LogP contribution in [0.5, 0.6) is 0 Å². The van der Waals surface area contributed by atoms with E-state index in [2.05, 4.69) is 0 Å². The van der Waals surface area contributed by atoms with Crippen molar-refractivity contribution in [2.45, 2.75) is 38.5 Å². The van der Waals surface area contributed by atoms with Gasteiger partial charge in [0.15, 0.2) is 0 Å². The van der Waals surface area contributed by atoms with Crippen LogP contribution in [0.4, 0.5) is 0 Å². The van der Waals surface area contributed by atoms with Crippen LogP contribution >= 0.6 is 0 Å². The van der Waals surface area contributed by atoms with Crippen LogP contribution in [0, 0.1) is 16.7 Å². The maximum Gasteiger partial charge on any atom is 0.309 e. The van der Waals surface area contributed by atoms with Crippen LogP contribution in [0.1, 0.15) is 38.5 Å². The lowest BCUT2D eigenvalue weighted by Gasteiger charge is -2.68. The van der Waals surface area contributed by atoms with Gasteiger partial charge in [0.1, 0.15) is 0 Å². The number of ether oxygens (including phenoxy) is 1. The lowest BCUT2D eigenvalue weighted by molar-refractivity contribution is -0.222. The van der Waals surface area contributed by atoms with Gasteiger partial charge in [0.25, 0.3) is 0 Å². The highest BCUT2D eigenvalue weighted by Crippen LogP contribution is 2.80. The average Bonchev–Trinajstić information content (AvgIpc) is 2.37. The van der Waals surface area contributed by atoms with Gasteiger partial charge in [-0.15, -0.1) is 0 Å². The second-order valence-electron chi connectivity index (χ2n) is 5.07. The molecule has 3 rings (SSSR count). The molecule has 3 aliphatic rings. The number of rotatable bonds is 1. The first kappa shape index (κ1) is 7.84. The number of carbonyl (C=O) groups excluding carboxylic acids is 1. The van der Waals surface area contributed by atoms with Crippen molar-refractivity contribution < 1.29 is 9.53 Å². The van der Waals surface area contributed by atoms with E-state index >= 15 is 0 Å². The molecular formula is C11H16O2. The van der Waals surface area contributed by atoms with Crippen molar-refractivity contribution in [3.63, 3.8) is 0 Å². The van der Waals surface area contributed by atoms with Gasteiger partial charge in [0.2, 0.25) is 0 Å². The molecule has 0 amide bonds. The highest BCUT2D eigenvalue weighted by Gasteiger charge is 2.74. The van der Waals surface area contributed by atoms with Crippen LogP contribution in [0.15, 0.2) is 0 Å². The maximum atomic E-state index is 11.5. The maximum absolute atomic E-state index is 11.5. The molecule has 0 aromatic rings. The van der Waals surface area contributed by atoms with E-state index in [0.29, 0.717) is 10.8 Å². The van der Waals surface area contributed by atoms with E-state index in [1.54, 1.807) is 0 Å². The molecule has 0 N–H and O–H groups in total. The summed E-state index contributed by atoms with van der Waals surface area (Å²) in [5.74, 6) is 0.311. The number of esters is 1. The molecule has 3 fully saturated rings. The molecule has 2 heteroatoms. The summed E-state index contributed by atoms with van der Waals surface area (Å²) >= 11 is 0. The summed E-state index contributed by atoms with van der Waals surface area (Å²) < 4.78 is 4.87. The Hall–Kier alpha value is -0.530. The van der Waals surface area contributed by atoms with Crippen molar-refractivity contribution in [2.75, 3.05) is 7.11 Å². The van der Waals surface area contributed by atoms with Crippen molar-refractivity contribution in [1.82, 2.24) is 0 Å². The van der Waals surface area contributed by atoms with Gasteiger partial charge < -0.3 is 4.74 Å². The summed E-state index contributed by atoms with van der Waals surface area (Å²) in [5.41, 5.74) is 1.02. The molecule has 0 aromatic heterocycles. The Kier molecular flexibility index (Phi) is 1.27. The molecule has 2 nitrogen and oxygen atoms in total. The first-order chi connectivity index (χ1) is 6.24. The molecule has 0 radical (unpaired) electrons. The Labute approximate surface area is 78.6 Å². The highest BCUT2D eigenvalue weighted by atomic mass is 16.5. The summed E-state index contributed by atoms with van der Waals surface area (Å²) in [5, 5.41) is 0. The summed E-state index contributed by atoms with van der Waals surface area (Å²) in [4.78, 5) is 11.5. The molecule has 3 atom stereocenters. The SMILES string of the molecule is COC(=O)C1CC23CCCC12CC3. The van der Waals surface area contributed by atoms with E-state index in [-0.39, 0.29) is 11.9 Å². The van der Waals surface area contributed by atoms with E-state index in [9.17, 15) is 4.79 Å². The van der Waals surface area contributed by atoms with Crippen LogP contribution < -0.4 is 0 Å². The molecule has 3 unspecified atom stereocenters. The van der Waals surface area contributed by atoms with Gasteiger partial charge in [-0.05, 0) is 42.9 Å². The quantitative estimate of drug-likeness (QED) is 0.578. The van der Waals surface area contributed by atoms with Crippen LogP contribution in [0.3, 0.4) is 0 Å². The smallest absolute Gasteiger partial charge is 0.309 e. The van der Waals surface area contributed by atoms with Crippen molar-refractivity contribution in [2.24, 2.45) is 16.7 Å². The van der Waals surface area contributed by atoms with E-state index in [1.807, 2.05) is 0 Å². The fourth-order valence-corrected chi connectivity index (χ4v) is 4.34. The normalized spacial score (nSPS) is 51.3. The summed E-state index contributed by atoms with van der Waals surface area (Å²) in [6.45, 7) is 0. The van der Waals surface area contributed by atoms with Crippen LogP contribution in [-0.4, -0.2) is 13.1 Å². The number of hydrogen-bond donors (Lipinski definition) is 0. The minimum atomic E-state index is 0.0530. The van der Waals surface area contributed by atoms with Gasteiger partial charge in [-0.25, -0.2) is 0 Å². The molecule has 0 heterocycles. The predicted molar refractivity (Wildman–Crippen MR) is 48.1 cm³/mol. The van der Waals surface area contributed by atoms with Crippen molar-refractivity contribution in [1.29, 1.82) is 0 Å². The molecule has 0 aromatic carbocycles. The summed E-state index contributed by atoms with van der Waals surface area (Å²) in [6, 6.07) is 0. The zero-order valence-electron chi connectivity index (χ0n) is 8.14. The summed E-state index contributed by atoms with van der Waals surface area (Å²) in [6.07, 6.45) is 7.79. The molecular weight excluding hydrogens is 164 g/mol. The second-order valence-corrected chi connectivity index (χ2v) is 5.07. The van der Waals surface area contributed by atoms with Gasteiger partial charge >= 0.3 is 5.97 Å². The van der Waals surface area contributed by atoms with Gasteiger partial charge in [0, 0.05) is 0 Å². The fourth-order valence-electron chi connectivity index (χ4n) is 4.34. The molecule has 0 aliphatic heterocycles. The molecule has 0 saturated heterocycles. The van der Waals surface area contributed by atoms with Crippen LogP contribution in [0.2, 0.25) is 0 Å². The van der Waals surface area contributed by atoms with Gasteiger partial charge in [-0.2, -0.15) is 0 Å². The first-order valence-electron chi connectivity index (χ1n) is 5.32. The van der Waals surface area contributed by atoms with Crippen molar-refractivity contribution in [3.05, 3.63) is 0 Å². The zero-order valence-corrected chi connectivity index (χ0v) is 8.14. The molecule has 3 aliphatic carbocycles. The van der Waals surface area contributed by atoms with Crippen LogP contribution in [0.25, 0.3) is 0 Å². The van der Waals surface area contributed by atoms with Gasteiger partial charge in [-0.1, -0.05) is 6.42 Å². The fraction of sp³-hybridized carbons (Fsp3) is 0.909. The summed E-state index contributed by atoms with van der Waals surface area (Å²) in [7, 11) is 1.52. The first-order valence-corrected chi connectivity index (χ1v) is 5.32. The minimum Gasteiger partial charge on any atom is -0.469 e. The monoisotopic (exact) mass is 180 g/mol. The molecule has 13 heavy (non-hydrogen) atoms. The largest absolute Gasteiger partial charge is 0.469 e. The Morgan fingerprint density at radius 3 is 2.69 bits per heavy atom. The minimum absolute atomic E-state index is 0.0530. The van der Waals surface area contributed by atoms with E-state index < -0.39 is 0 Å². The van der Waals surface area contributed by atoms with E-state index in [1.165, 1.54) is 39.2 Å². The standard InChI is InChI=1S/C11H16O2/c1-13-9(12)8-7-10-3-2-4-11(8,10)6-5-10/h8H,2-7H2,1H3. The molecule has 3 saturated carbocycles. The average molecular weight is 180 g/mol. The number of hydrogen-bond acceptors (Lipinski definition) is 2. The Morgan fingerprint density at radius 1 is 1.31 bits per heavy atom. The van der Waals surface area contributed by atoms with E-state index in [0.717, 1.165) is 6.42 Å². The molecule has 0 spiro atoms. The van der Waals surface area contributed by atoms with Gasteiger partial charge in [0.05, 0.1) is 13.0 Å². The lowest BCUT2D eigenvalue weighted by atomic mass is 9.35. The molecule has 0 bridgehead atoms. The Bertz CT molecular complexity index is 273. The number of methoxy groups -OCH3 is 1. The van der Waals surface area contributed by atoms with E-state index in [4.69, 9.17) is 4.74 Å². The van der Waals surface area contributed by atoms with Gasteiger partial charge in [-0.3, -0.25) is 4.79 Å². The third kappa shape index (κ3) is 0.628. The third-order valence-corrected chi connectivity index (χ3v) is 5.13. The molecule has 72 valence electrons.